The van der Waals surface area contributed by atoms with E-state index in [4.69, 9.17) is 4.42 Å². The van der Waals surface area contributed by atoms with Gasteiger partial charge in [0.05, 0.1) is 11.3 Å². The number of nitrogens with one attached hydrogen (secondary N) is 1. The molecule has 4 rings (SSSR count). The van der Waals surface area contributed by atoms with Gasteiger partial charge in [-0.15, -0.1) is 11.3 Å². The highest BCUT2D eigenvalue weighted by molar-refractivity contribution is 7.16. The fraction of sp³-hybridized carbons (Fsp3) is 0.273. The molecule has 3 heterocycles. The number of furan rings is 1. The van der Waals surface area contributed by atoms with Gasteiger partial charge in [0.15, 0.2) is 5.13 Å². The van der Waals surface area contributed by atoms with Gasteiger partial charge >= 0.3 is 0 Å². The summed E-state index contributed by atoms with van der Waals surface area (Å²) in [6, 6.07) is 8.34. The van der Waals surface area contributed by atoms with Crippen LogP contribution in [0.15, 0.2) is 39.8 Å². The number of aromatic nitrogens is 3. The predicted molar refractivity (Wildman–Crippen MR) is 118 cm³/mol. The van der Waals surface area contributed by atoms with E-state index in [2.05, 4.69) is 46.5 Å². The molecular weight excluding hydrogens is 400 g/mol. The van der Waals surface area contributed by atoms with Gasteiger partial charge < -0.3 is 8.98 Å². The summed E-state index contributed by atoms with van der Waals surface area (Å²) in [5.74, 6) is -0.0896. The van der Waals surface area contributed by atoms with Crippen LogP contribution < -0.4 is 10.9 Å². The normalized spacial score (nSPS) is 11.2. The van der Waals surface area contributed by atoms with Crippen molar-refractivity contribution in [1.29, 1.82) is 0 Å². The summed E-state index contributed by atoms with van der Waals surface area (Å²) in [7, 11) is 1.58. The summed E-state index contributed by atoms with van der Waals surface area (Å²) in [5.41, 5.74) is 3.16. The molecule has 1 aromatic carbocycles. The molecule has 0 radical (unpaired) electrons. The number of benzene rings is 1. The van der Waals surface area contributed by atoms with E-state index in [-0.39, 0.29) is 22.2 Å². The first-order valence-electron chi connectivity index (χ1n) is 9.71. The van der Waals surface area contributed by atoms with E-state index in [0.29, 0.717) is 10.9 Å². The lowest BCUT2D eigenvalue weighted by Crippen LogP contribution is -2.20. The molecule has 0 unspecified atom stereocenters. The Bertz CT molecular complexity index is 1300. The monoisotopic (exact) mass is 422 g/mol. The van der Waals surface area contributed by atoms with Gasteiger partial charge in [-0.1, -0.05) is 37.6 Å². The molecule has 0 atom stereocenters. The zero-order valence-corrected chi connectivity index (χ0v) is 18.1. The highest BCUT2D eigenvalue weighted by Crippen LogP contribution is 2.31. The number of amides is 1. The lowest BCUT2D eigenvalue weighted by molar-refractivity contribution is 0.102. The minimum atomic E-state index is -0.435. The van der Waals surface area contributed by atoms with E-state index in [1.54, 1.807) is 14.0 Å². The fourth-order valence-electron chi connectivity index (χ4n) is 3.46. The van der Waals surface area contributed by atoms with Gasteiger partial charge in [-0.2, -0.15) is 0 Å². The molecule has 3 aromatic heterocycles. The number of carbonyl (C=O) groups excluding carboxylic acids is 1. The van der Waals surface area contributed by atoms with Gasteiger partial charge in [0.25, 0.3) is 11.5 Å². The summed E-state index contributed by atoms with van der Waals surface area (Å²) >= 11 is 1.40. The minimum Gasteiger partial charge on any atom is -0.442 e. The zero-order chi connectivity index (χ0) is 21.4. The molecule has 0 saturated carbocycles. The molecule has 0 aliphatic heterocycles. The average molecular weight is 423 g/mol. The Labute approximate surface area is 177 Å². The quantitative estimate of drug-likeness (QED) is 0.512. The van der Waals surface area contributed by atoms with E-state index in [9.17, 15) is 9.59 Å². The third-order valence-electron chi connectivity index (χ3n) is 4.96. The van der Waals surface area contributed by atoms with Crippen LogP contribution in [0.3, 0.4) is 0 Å². The second kappa shape index (κ2) is 7.87. The van der Waals surface area contributed by atoms with Crippen molar-refractivity contribution in [3.8, 4) is 11.3 Å². The lowest BCUT2D eigenvalue weighted by Gasteiger charge is -2.02. The van der Waals surface area contributed by atoms with Crippen molar-refractivity contribution in [3.63, 3.8) is 0 Å². The minimum absolute atomic E-state index is 0.156. The molecule has 154 valence electrons. The van der Waals surface area contributed by atoms with Gasteiger partial charge in [-0.25, -0.2) is 9.97 Å². The van der Waals surface area contributed by atoms with Crippen molar-refractivity contribution in [2.24, 2.45) is 7.05 Å². The summed E-state index contributed by atoms with van der Waals surface area (Å²) in [4.78, 5) is 35.2. The number of anilines is 1. The molecule has 0 aliphatic carbocycles. The highest BCUT2D eigenvalue weighted by Gasteiger charge is 2.23. The maximum Gasteiger partial charge on any atom is 0.265 e. The SMILES string of the molecule is CCCc1ccc(-c2nc(NC(=O)c3c(C)oc4ncn(C)c(=O)c34)sc2C)cc1. The lowest BCUT2D eigenvalue weighted by atomic mass is 10.1. The number of aryl methyl sites for hydroxylation is 4. The fourth-order valence-corrected chi connectivity index (χ4v) is 4.29. The van der Waals surface area contributed by atoms with Crippen LogP contribution in [0.4, 0.5) is 5.13 Å². The van der Waals surface area contributed by atoms with Gasteiger partial charge in [-0.3, -0.25) is 14.9 Å². The third kappa shape index (κ3) is 3.54. The van der Waals surface area contributed by atoms with Crippen LogP contribution in [0.5, 0.6) is 0 Å². The van der Waals surface area contributed by atoms with Crippen molar-refractivity contribution in [1.82, 2.24) is 14.5 Å². The molecule has 1 amide bonds. The van der Waals surface area contributed by atoms with E-state index < -0.39 is 5.91 Å². The van der Waals surface area contributed by atoms with E-state index >= 15 is 0 Å². The van der Waals surface area contributed by atoms with Crippen LogP contribution in [-0.4, -0.2) is 20.4 Å². The summed E-state index contributed by atoms with van der Waals surface area (Å²) in [6.45, 7) is 5.78. The Hall–Kier alpha value is -3.26. The molecule has 0 bridgehead atoms. The van der Waals surface area contributed by atoms with Gasteiger partial charge in [0.1, 0.15) is 17.5 Å². The van der Waals surface area contributed by atoms with Crippen LogP contribution in [0.25, 0.3) is 22.4 Å². The average Bonchev–Trinajstić information content (AvgIpc) is 3.25. The smallest absolute Gasteiger partial charge is 0.265 e. The summed E-state index contributed by atoms with van der Waals surface area (Å²) < 4.78 is 6.84. The van der Waals surface area contributed by atoms with Crippen molar-refractivity contribution >= 4 is 33.5 Å². The van der Waals surface area contributed by atoms with Gasteiger partial charge in [0.2, 0.25) is 5.71 Å². The predicted octanol–water partition coefficient (Wildman–Crippen LogP) is 4.47. The first kappa shape index (κ1) is 20.0. The molecule has 8 heteroatoms. The number of thiazole rings is 1. The Balaban J connectivity index is 1.65. The van der Waals surface area contributed by atoms with Crippen LogP contribution in [0, 0.1) is 13.8 Å². The first-order valence-corrected chi connectivity index (χ1v) is 10.5. The first-order chi connectivity index (χ1) is 14.4. The zero-order valence-electron chi connectivity index (χ0n) is 17.3. The van der Waals surface area contributed by atoms with E-state index in [1.165, 1.54) is 27.8 Å². The molecule has 0 saturated heterocycles. The second-order valence-electron chi connectivity index (χ2n) is 7.20. The van der Waals surface area contributed by atoms with Gasteiger partial charge in [-0.05, 0) is 25.8 Å². The van der Waals surface area contributed by atoms with Crippen molar-refractivity contribution < 1.29 is 9.21 Å². The van der Waals surface area contributed by atoms with Gasteiger partial charge in [0, 0.05) is 17.5 Å². The number of carbonyl (C=O) groups is 1. The van der Waals surface area contributed by atoms with E-state index in [0.717, 1.165) is 29.0 Å². The summed E-state index contributed by atoms with van der Waals surface area (Å²) in [6.07, 6.45) is 3.52. The molecule has 1 N–H and O–H groups in total. The molecule has 0 spiro atoms. The van der Waals surface area contributed by atoms with Crippen LogP contribution >= 0.6 is 11.3 Å². The molecule has 0 aliphatic rings. The Kier molecular flexibility index (Phi) is 5.26. The standard InChI is InChI=1S/C22H22N4O3S/c1-5-6-14-7-9-15(10-8-14)18-13(3)30-22(24-18)25-19(27)16-12(2)29-20-17(16)21(28)26(4)11-23-20/h7-11H,5-6H2,1-4H3,(H,24,25,27). The number of fused-ring (bicyclic) bond motifs is 1. The van der Waals surface area contributed by atoms with Crippen molar-refractivity contribution in [3.05, 3.63) is 62.7 Å². The number of nitrogens with zero attached hydrogens (tertiary/aromatic N) is 3. The van der Waals surface area contributed by atoms with Crippen LogP contribution in [-0.2, 0) is 13.5 Å². The van der Waals surface area contributed by atoms with Crippen LogP contribution in [0.2, 0.25) is 0 Å². The Morgan fingerprint density at radius 3 is 2.67 bits per heavy atom. The highest BCUT2D eigenvalue weighted by atomic mass is 32.1. The maximum atomic E-state index is 13.0. The van der Waals surface area contributed by atoms with Crippen LogP contribution in [0.1, 0.15) is 39.9 Å². The van der Waals surface area contributed by atoms with Crippen molar-refractivity contribution in [2.75, 3.05) is 5.32 Å². The number of hydrogen-bond acceptors (Lipinski definition) is 6. The molecule has 30 heavy (non-hydrogen) atoms. The second-order valence-corrected chi connectivity index (χ2v) is 8.40. The molecule has 4 aromatic rings. The summed E-state index contributed by atoms with van der Waals surface area (Å²) in [5, 5.41) is 3.47. The van der Waals surface area contributed by atoms with Crippen molar-refractivity contribution in [2.45, 2.75) is 33.6 Å². The topological polar surface area (TPSA) is 90.0 Å². The van der Waals surface area contributed by atoms with E-state index in [1.807, 2.05) is 6.92 Å². The Morgan fingerprint density at radius 2 is 1.97 bits per heavy atom. The maximum absolute atomic E-state index is 13.0. The Morgan fingerprint density at radius 1 is 1.23 bits per heavy atom. The third-order valence-corrected chi connectivity index (χ3v) is 5.84. The molecule has 0 fully saturated rings. The number of hydrogen-bond donors (Lipinski definition) is 1. The molecular formula is C22H22N4O3S. The number of rotatable bonds is 5. The largest absolute Gasteiger partial charge is 0.442 e. The molecule has 7 nitrogen and oxygen atoms in total.